The minimum atomic E-state index is -0.343. The molecule has 0 spiro atoms. The van der Waals surface area contributed by atoms with Crippen molar-refractivity contribution in [3.8, 4) is 0 Å². The second-order valence-electron chi connectivity index (χ2n) is 7.16. The summed E-state index contributed by atoms with van der Waals surface area (Å²) in [6.07, 6.45) is 2.46. The molecule has 1 saturated carbocycles. The maximum atomic E-state index is 13.1. The fourth-order valence-corrected chi connectivity index (χ4v) is 4.03. The highest BCUT2D eigenvalue weighted by molar-refractivity contribution is 5.89. The molecule has 0 radical (unpaired) electrons. The van der Waals surface area contributed by atoms with Gasteiger partial charge in [-0.05, 0) is 63.6 Å². The number of rotatable bonds is 6. The minimum absolute atomic E-state index is 0.0415. The van der Waals surface area contributed by atoms with Gasteiger partial charge in [0.05, 0.1) is 18.6 Å². The Morgan fingerprint density at radius 2 is 1.72 bits per heavy atom. The zero-order valence-electron chi connectivity index (χ0n) is 16.1. The van der Waals surface area contributed by atoms with Crippen molar-refractivity contribution in [3.63, 3.8) is 0 Å². The van der Waals surface area contributed by atoms with Gasteiger partial charge in [0, 0.05) is 19.4 Å². The van der Waals surface area contributed by atoms with E-state index >= 15 is 0 Å². The van der Waals surface area contributed by atoms with Crippen LogP contribution in [0.15, 0.2) is 12.1 Å². The molecule has 4 heteroatoms. The van der Waals surface area contributed by atoms with Gasteiger partial charge in [-0.2, -0.15) is 0 Å². The molecule has 0 aromatic heterocycles. The molecule has 0 heterocycles. The molecular formula is C21H30O4. The molecule has 4 nitrogen and oxygen atoms in total. The van der Waals surface area contributed by atoms with Crippen LogP contribution in [0.5, 0.6) is 0 Å². The molecule has 1 aromatic carbocycles. The van der Waals surface area contributed by atoms with Gasteiger partial charge in [-0.25, -0.2) is 0 Å². The molecule has 25 heavy (non-hydrogen) atoms. The van der Waals surface area contributed by atoms with E-state index in [2.05, 4.69) is 19.1 Å². The number of carbonyl (C=O) groups excluding carboxylic acids is 2. The van der Waals surface area contributed by atoms with E-state index in [1.807, 2.05) is 13.8 Å². The number of aryl methyl sites for hydroxylation is 3. The first-order valence-corrected chi connectivity index (χ1v) is 9.16. The van der Waals surface area contributed by atoms with E-state index in [1.54, 1.807) is 14.0 Å². The van der Waals surface area contributed by atoms with Crippen molar-refractivity contribution >= 4 is 11.8 Å². The summed E-state index contributed by atoms with van der Waals surface area (Å²) >= 11 is 0. The predicted octanol–water partition coefficient (Wildman–Crippen LogP) is 3.72. The standard InChI is InChI=1S/C21H30O4/c1-6-25-21(23)17-8-7-16(24-5)11-19(17)20(22)12-18-14(3)9-13(2)10-15(18)4/h9-10,16-17,19H,6-8,11-12H2,1-5H3. The molecule has 1 aliphatic rings. The third-order valence-corrected chi connectivity index (χ3v) is 5.33. The fourth-order valence-electron chi connectivity index (χ4n) is 4.03. The number of methoxy groups -OCH3 is 1. The van der Waals surface area contributed by atoms with E-state index in [9.17, 15) is 9.59 Å². The van der Waals surface area contributed by atoms with Crippen molar-refractivity contribution in [2.75, 3.05) is 13.7 Å². The summed E-state index contributed by atoms with van der Waals surface area (Å²) in [5.74, 6) is -0.787. The van der Waals surface area contributed by atoms with Gasteiger partial charge in [-0.15, -0.1) is 0 Å². The zero-order chi connectivity index (χ0) is 18.6. The summed E-state index contributed by atoms with van der Waals surface area (Å²) in [4.78, 5) is 25.4. The van der Waals surface area contributed by atoms with Crippen molar-refractivity contribution < 1.29 is 19.1 Å². The molecule has 3 atom stereocenters. The number of hydrogen-bond donors (Lipinski definition) is 0. The lowest BCUT2D eigenvalue weighted by Gasteiger charge is -2.33. The van der Waals surface area contributed by atoms with Gasteiger partial charge in [-0.3, -0.25) is 9.59 Å². The Balaban J connectivity index is 2.22. The van der Waals surface area contributed by atoms with E-state index < -0.39 is 0 Å². The zero-order valence-corrected chi connectivity index (χ0v) is 16.1. The molecule has 0 amide bonds. The Kier molecular flexibility index (Phi) is 6.77. The van der Waals surface area contributed by atoms with Gasteiger partial charge < -0.3 is 9.47 Å². The summed E-state index contributed by atoms with van der Waals surface area (Å²) in [6.45, 7) is 8.30. The summed E-state index contributed by atoms with van der Waals surface area (Å²) in [7, 11) is 1.67. The van der Waals surface area contributed by atoms with Crippen molar-refractivity contribution in [2.24, 2.45) is 11.8 Å². The largest absolute Gasteiger partial charge is 0.466 e. The first kappa shape index (κ1) is 19.6. The molecule has 2 rings (SSSR count). The van der Waals surface area contributed by atoms with Crippen LogP contribution in [0.25, 0.3) is 0 Å². The SMILES string of the molecule is CCOC(=O)C1CCC(OC)CC1C(=O)Cc1c(C)cc(C)cc1C. The molecule has 1 aliphatic carbocycles. The smallest absolute Gasteiger partial charge is 0.309 e. The van der Waals surface area contributed by atoms with E-state index in [-0.39, 0.29) is 29.7 Å². The molecule has 1 aromatic rings. The van der Waals surface area contributed by atoms with Crippen LogP contribution in [0.1, 0.15) is 48.4 Å². The predicted molar refractivity (Wildman–Crippen MR) is 97.6 cm³/mol. The van der Waals surface area contributed by atoms with Gasteiger partial charge in [0.1, 0.15) is 5.78 Å². The van der Waals surface area contributed by atoms with Gasteiger partial charge >= 0.3 is 5.97 Å². The lowest BCUT2D eigenvalue weighted by molar-refractivity contribution is -0.155. The summed E-state index contributed by atoms with van der Waals surface area (Å²) < 4.78 is 10.7. The van der Waals surface area contributed by atoms with Crippen LogP contribution >= 0.6 is 0 Å². The summed E-state index contributed by atoms with van der Waals surface area (Å²) in [5.41, 5.74) is 4.56. The van der Waals surface area contributed by atoms with Crippen LogP contribution in [0.2, 0.25) is 0 Å². The molecule has 0 N–H and O–H groups in total. The van der Waals surface area contributed by atoms with Crippen LogP contribution in [0.3, 0.4) is 0 Å². The highest BCUT2D eigenvalue weighted by Crippen LogP contribution is 2.34. The number of esters is 1. The fraction of sp³-hybridized carbons (Fsp3) is 0.619. The van der Waals surface area contributed by atoms with Crippen molar-refractivity contribution in [1.82, 2.24) is 0 Å². The maximum absolute atomic E-state index is 13.1. The van der Waals surface area contributed by atoms with Gasteiger partial charge in [-0.1, -0.05) is 17.7 Å². The number of hydrogen-bond acceptors (Lipinski definition) is 4. The number of ether oxygens (including phenoxy) is 2. The molecule has 3 unspecified atom stereocenters. The average Bonchev–Trinajstić information content (AvgIpc) is 2.57. The number of Topliss-reactive ketones (excluding diaryl/α,β-unsaturated/α-hetero) is 1. The number of ketones is 1. The Bertz CT molecular complexity index is 612. The first-order valence-electron chi connectivity index (χ1n) is 9.16. The molecule has 0 bridgehead atoms. The Labute approximate surface area is 150 Å². The maximum Gasteiger partial charge on any atom is 0.309 e. The summed E-state index contributed by atoms with van der Waals surface area (Å²) in [6, 6.07) is 4.22. The van der Waals surface area contributed by atoms with Gasteiger partial charge in [0.15, 0.2) is 0 Å². The highest BCUT2D eigenvalue weighted by atomic mass is 16.5. The number of benzene rings is 1. The minimum Gasteiger partial charge on any atom is -0.466 e. The Morgan fingerprint density at radius 1 is 1.08 bits per heavy atom. The Hall–Kier alpha value is -1.68. The number of carbonyl (C=O) groups is 2. The van der Waals surface area contributed by atoms with E-state index in [4.69, 9.17) is 9.47 Å². The highest BCUT2D eigenvalue weighted by Gasteiger charge is 2.40. The van der Waals surface area contributed by atoms with Gasteiger partial charge in [0.2, 0.25) is 0 Å². The van der Waals surface area contributed by atoms with Crippen LogP contribution in [0.4, 0.5) is 0 Å². The summed E-state index contributed by atoms with van der Waals surface area (Å²) in [5, 5.41) is 0. The Morgan fingerprint density at radius 3 is 2.28 bits per heavy atom. The van der Waals surface area contributed by atoms with Crippen LogP contribution < -0.4 is 0 Å². The van der Waals surface area contributed by atoms with E-state index in [1.165, 1.54) is 5.56 Å². The third kappa shape index (κ3) is 4.69. The molecule has 0 saturated heterocycles. The first-order chi connectivity index (χ1) is 11.9. The lowest BCUT2D eigenvalue weighted by atomic mass is 9.74. The van der Waals surface area contributed by atoms with Gasteiger partial charge in [0.25, 0.3) is 0 Å². The van der Waals surface area contributed by atoms with Crippen molar-refractivity contribution in [2.45, 2.75) is 59.5 Å². The second kappa shape index (κ2) is 8.61. The quantitative estimate of drug-likeness (QED) is 0.737. The van der Waals surface area contributed by atoms with E-state index in [0.29, 0.717) is 25.9 Å². The monoisotopic (exact) mass is 346 g/mol. The third-order valence-electron chi connectivity index (χ3n) is 5.33. The topological polar surface area (TPSA) is 52.6 Å². The molecule has 138 valence electrons. The molecule has 0 aliphatic heterocycles. The molecule has 1 fully saturated rings. The van der Waals surface area contributed by atoms with Crippen LogP contribution in [-0.4, -0.2) is 31.6 Å². The lowest BCUT2D eigenvalue weighted by Crippen LogP contribution is -2.39. The van der Waals surface area contributed by atoms with Crippen molar-refractivity contribution in [1.29, 1.82) is 0 Å². The van der Waals surface area contributed by atoms with Crippen molar-refractivity contribution in [3.05, 3.63) is 34.4 Å². The van der Waals surface area contributed by atoms with Crippen LogP contribution in [-0.2, 0) is 25.5 Å². The van der Waals surface area contributed by atoms with Crippen LogP contribution in [0, 0.1) is 32.6 Å². The molecular weight excluding hydrogens is 316 g/mol. The van der Waals surface area contributed by atoms with E-state index in [0.717, 1.165) is 23.1 Å². The average molecular weight is 346 g/mol. The second-order valence-corrected chi connectivity index (χ2v) is 7.16. The normalized spacial score (nSPS) is 23.3.